The summed E-state index contributed by atoms with van der Waals surface area (Å²) >= 11 is 0. The molecule has 122 valence electrons. The lowest BCUT2D eigenvalue weighted by atomic mass is 9.91. The SMILES string of the molecule is CC(C)(C)C(=O)N1CCCC(c2nnc3n2CCCCC3)C1. The predicted octanol–water partition coefficient (Wildman–Crippen LogP) is 2.76. The van der Waals surface area contributed by atoms with Gasteiger partial charge in [-0.2, -0.15) is 0 Å². The summed E-state index contributed by atoms with van der Waals surface area (Å²) < 4.78 is 2.34. The third-order valence-electron chi connectivity index (χ3n) is 4.85. The Bertz CT molecular complexity index is 543. The summed E-state index contributed by atoms with van der Waals surface area (Å²) in [6.45, 7) is 8.73. The number of amides is 1. The van der Waals surface area contributed by atoms with E-state index in [0.717, 1.165) is 50.5 Å². The number of carbonyl (C=O) groups is 1. The molecule has 0 aliphatic carbocycles. The molecule has 1 fully saturated rings. The summed E-state index contributed by atoms with van der Waals surface area (Å²) in [5.41, 5.74) is -0.302. The van der Waals surface area contributed by atoms with Crippen molar-refractivity contribution >= 4 is 5.91 Å². The van der Waals surface area contributed by atoms with E-state index < -0.39 is 0 Å². The van der Waals surface area contributed by atoms with Gasteiger partial charge < -0.3 is 9.47 Å². The molecule has 0 saturated carbocycles. The Balaban J connectivity index is 1.78. The number of piperidine rings is 1. The van der Waals surface area contributed by atoms with E-state index in [-0.39, 0.29) is 11.3 Å². The molecule has 3 rings (SSSR count). The minimum atomic E-state index is -0.302. The van der Waals surface area contributed by atoms with E-state index in [4.69, 9.17) is 0 Å². The number of aromatic nitrogens is 3. The van der Waals surface area contributed by atoms with E-state index in [9.17, 15) is 4.79 Å². The van der Waals surface area contributed by atoms with Gasteiger partial charge in [0.25, 0.3) is 0 Å². The summed E-state index contributed by atoms with van der Waals surface area (Å²) in [5.74, 6) is 2.86. The number of likely N-dealkylation sites (tertiary alicyclic amines) is 1. The topological polar surface area (TPSA) is 51.0 Å². The quantitative estimate of drug-likeness (QED) is 0.801. The van der Waals surface area contributed by atoms with Crippen LogP contribution in [0, 0.1) is 5.41 Å². The zero-order chi connectivity index (χ0) is 15.7. The predicted molar refractivity (Wildman–Crippen MR) is 85.6 cm³/mol. The van der Waals surface area contributed by atoms with Crippen LogP contribution in [-0.2, 0) is 17.8 Å². The maximum absolute atomic E-state index is 12.6. The number of hydrogen-bond donors (Lipinski definition) is 0. The monoisotopic (exact) mass is 304 g/mol. The minimum absolute atomic E-state index is 0.257. The molecule has 5 heteroatoms. The van der Waals surface area contributed by atoms with E-state index in [1.165, 1.54) is 19.3 Å². The molecule has 5 nitrogen and oxygen atoms in total. The first kappa shape index (κ1) is 15.5. The molecule has 1 aromatic heterocycles. The standard InChI is InChI=1S/C17H28N4O/c1-17(2,3)16(22)20-10-7-8-13(12-20)15-19-18-14-9-5-4-6-11-21(14)15/h13H,4-12H2,1-3H3. The van der Waals surface area contributed by atoms with E-state index >= 15 is 0 Å². The largest absolute Gasteiger partial charge is 0.342 e. The van der Waals surface area contributed by atoms with Crippen molar-refractivity contribution < 1.29 is 4.79 Å². The second kappa shape index (κ2) is 6.01. The number of hydrogen-bond acceptors (Lipinski definition) is 3. The van der Waals surface area contributed by atoms with E-state index in [1.54, 1.807) is 0 Å². The lowest BCUT2D eigenvalue weighted by Gasteiger charge is -2.36. The van der Waals surface area contributed by atoms with Crippen LogP contribution in [0.3, 0.4) is 0 Å². The lowest BCUT2D eigenvalue weighted by molar-refractivity contribution is -0.140. The van der Waals surface area contributed by atoms with Crippen molar-refractivity contribution in [2.75, 3.05) is 13.1 Å². The summed E-state index contributed by atoms with van der Waals surface area (Å²) in [4.78, 5) is 14.6. The third-order valence-corrected chi connectivity index (χ3v) is 4.85. The fourth-order valence-electron chi connectivity index (χ4n) is 3.66. The number of rotatable bonds is 1. The highest BCUT2D eigenvalue weighted by Gasteiger charge is 2.33. The van der Waals surface area contributed by atoms with Crippen LogP contribution < -0.4 is 0 Å². The van der Waals surface area contributed by atoms with Gasteiger partial charge in [0.1, 0.15) is 11.6 Å². The highest BCUT2D eigenvalue weighted by molar-refractivity contribution is 5.81. The molecule has 0 spiro atoms. The Morgan fingerprint density at radius 1 is 1.09 bits per heavy atom. The average molecular weight is 304 g/mol. The molecule has 2 aliphatic rings. The molecule has 1 aromatic rings. The molecule has 1 saturated heterocycles. The van der Waals surface area contributed by atoms with Crippen molar-refractivity contribution in [1.82, 2.24) is 19.7 Å². The Kier molecular flexibility index (Phi) is 4.24. The zero-order valence-corrected chi connectivity index (χ0v) is 14.1. The van der Waals surface area contributed by atoms with Crippen molar-refractivity contribution in [3.63, 3.8) is 0 Å². The summed E-state index contributed by atoms with van der Waals surface area (Å²) in [5, 5.41) is 8.91. The first-order valence-corrected chi connectivity index (χ1v) is 8.68. The minimum Gasteiger partial charge on any atom is -0.342 e. The molecule has 0 radical (unpaired) electrons. The molecule has 1 unspecified atom stereocenters. The second-order valence-electron chi connectivity index (χ2n) is 7.78. The zero-order valence-electron chi connectivity index (χ0n) is 14.1. The Morgan fingerprint density at radius 3 is 2.68 bits per heavy atom. The van der Waals surface area contributed by atoms with Gasteiger partial charge in [-0.1, -0.05) is 27.2 Å². The molecule has 0 bridgehead atoms. The maximum atomic E-state index is 12.6. The van der Waals surface area contributed by atoms with Crippen molar-refractivity contribution in [2.45, 2.75) is 71.8 Å². The Hall–Kier alpha value is -1.39. The Labute approximate surface area is 133 Å². The first-order valence-electron chi connectivity index (χ1n) is 8.68. The van der Waals surface area contributed by atoms with Crippen LogP contribution in [0.2, 0.25) is 0 Å². The van der Waals surface area contributed by atoms with Crippen LogP contribution in [0.25, 0.3) is 0 Å². The Morgan fingerprint density at radius 2 is 1.91 bits per heavy atom. The summed E-state index contributed by atoms with van der Waals surface area (Å²) in [6, 6.07) is 0. The summed E-state index contributed by atoms with van der Waals surface area (Å²) in [6.07, 6.45) is 6.94. The molecule has 1 atom stereocenters. The van der Waals surface area contributed by atoms with Gasteiger partial charge in [0.2, 0.25) is 5.91 Å². The van der Waals surface area contributed by atoms with Crippen LogP contribution in [0.4, 0.5) is 0 Å². The van der Waals surface area contributed by atoms with Gasteiger partial charge >= 0.3 is 0 Å². The van der Waals surface area contributed by atoms with Gasteiger partial charge in [-0.25, -0.2) is 0 Å². The van der Waals surface area contributed by atoms with E-state index in [2.05, 4.69) is 14.8 Å². The third kappa shape index (κ3) is 3.03. The molecule has 0 aromatic carbocycles. The molecular weight excluding hydrogens is 276 g/mol. The van der Waals surface area contributed by atoms with Crippen LogP contribution in [0.1, 0.15) is 70.4 Å². The molecule has 2 aliphatic heterocycles. The van der Waals surface area contributed by atoms with Crippen molar-refractivity contribution in [3.8, 4) is 0 Å². The summed E-state index contributed by atoms with van der Waals surface area (Å²) in [7, 11) is 0. The highest BCUT2D eigenvalue weighted by Crippen LogP contribution is 2.30. The van der Waals surface area contributed by atoms with Gasteiger partial charge in [0.15, 0.2) is 0 Å². The van der Waals surface area contributed by atoms with E-state index in [1.807, 2.05) is 25.7 Å². The normalized spacial score (nSPS) is 23.0. The lowest BCUT2D eigenvalue weighted by Crippen LogP contribution is -2.45. The van der Waals surface area contributed by atoms with Crippen molar-refractivity contribution in [1.29, 1.82) is 0 Å². The molecule has 3 heterocycles. The average Bonchev–Trinajstić information content (AvgIpc) is 2.74. The molecule has 1 amide bonds. The van der Waals surface area contributed by atoms with Gasteiger partial charge in [-0.05, 0) is 25.7 Å². The fourth-order valence-corrected chi connectivity index (χ4v) is 3.66. The van der Waals surface area contributed by atoms with Crippen LogP contribution >= 0.6 is 0 Å². The van der Waals surface area contributed by atoms with Crippen LogP contribution in [0.5, 0.6) is 0 Å². The smallest absolute Gasteiger partial charge is 0.227 e. The van der Waals surface area contributed by atoms with Crippen LogP contribution in [-0.4, -0.2) is 38.7 Å². The van der Waals surface area contributed by atoms with E-state index in [0.29, 0.717) is 5.92 Å². The number of fused-ring (bicyclic) bond motifs is 1. The van der Waals surface area contributed by atoms with Gasteiger partial charge in [-0.15, -0.1) is 10.2 Å². The second-order valence-corrected chi connectivity index (χ2v) is 7.78. The number of aryl methyl sites for hydroxylation is 1. The van der Waals surface area contributed by atoms with Gasteiger partial charge in [-0.3, -0.25) is 4.79 Å². The van der Waals surface area contributed by atoms with Crippen LogP contribution in [0.15, 0.2) is 0 Å². The molecule has 0 N–H and O–H groups in total. The molecular formula is C17H28N4O. The first-order chi connectivity index (χ1) is 10.5. The number of nitrogens with zero attached hydrogens (tertiary/aromatic N) is 4. The van der Waals surface area contributed by atoms with Gasteiger partial charge in [0, 0.05) is 37.4 Å². The highest BCUT2D eigenvalue weighted by atomic mass is 16.2. The maximum Gasteiger partial charge on any atom is 0.227 e. The van der Waals surface area contributed by atoms with Crippen molar-refractivity contribution in [2.24, 2.45) is 5.41 Å². The fraction of sp³-hybridized carbons (Fsp3) is 0.824. The number of carbonyl (C=O) groups excluding carboxylic acids is 1. The van der Waals surface area contributed by atoms with Gasteiger partial charge in [0.05, 0.1) is 0 Å². The molecule has 22 heavy (non-hydrogen) atoms. The van der Waals surface area contributed by atoms with Crippen molar-refractivity contribution in [3.05, 3.63) is 11.6 Å².